The van der Waals surface area contributed by atoms with Crippen molar-refractivity contribution in [2.75, 3.05) is 11.9 Å². The monoisotopic (exact) mass is 410 g/mol. The highest BCUT2D eigenvalue weighted by Crippen LogP contribution is 2.32. The zero-order valence-corrected chi connectivity index (χ0v) is 15.5. The molecule has 0 unspecified atom stereocenters. The molecule has 7 heteroatoms. The Bertz CT molecular complexity index is 861. The lowest BCUT2D eigenvalue weighted by molar-refractivity contribution is 0.0988. The fraction of sp³-hybridized carbons (Fsp3) is 0.125. The fourth-order valence-electron chi connectivity index (χ4n) is 2.12. The zero-order chi connectivity index (χ0) is 16.6. The molecular formula is C16H12BrClN2O2S. The Morgan fingerprint density at radius 2 is 2.17 bits per heavy atom. The van der Waals surface area contributed by atoms with Crippen LogP contribution in [0.5, 0.6) is 0 Å². The van der Waals surface area contributed by atoms with E-state index >= 15 is 0 Å². The summed E-state index contributed by atoms with van der Waals surface area (Å²) in [5, 5.41) is 1.18. The topological polar surface area (TPSA) is 46.3 Å². The molecule has 0 bridgehead atoms. The number of aryl methyl sites for hydroxylation is 1. The highest BCUT2D eigenvalue weighted by Gasteiger charge is 2.22. The standard InChI is InChI=1S/C16H12BrClN2O2S/c1-9-14(19-15(23-9)13-4-3-7-22-13)16(21)20(2)12-6-5-10(17)8-11(12)18/h3-8H,1-2H3. The van der Waals surface area contributed by atoms with Crippen molar-refractivity contribution in [1.29, 1.82) is 0 Å². The number of hydrogen-bond donors (Lipinski definition) is 0. The number of rotatable bonds is 3. The van der Waals surface area contributed by atoms with E-state index in [4.69, 9.17) is 16.0 Å². The molecule has 0 aliphatic rings. The molecule has 4 nitrogen and oxygen atoms in total. The number of thiazole rings is 1. The van der Waals surface area contributed by atoms with Gasteiger partial charge in [-0.05, 0) is 37.3 Å². The summed E-state index contributed by atoms with van der Waals surface area (Å²) in [6, 6.07) is 9.00. The second-order valence-corrected chi connectivity index (χ2v) is 7.39. The second kappa shape index (κ2) is 6.47. The number of furan rings is 1. The van der Waals surface area contributed by atoms with Crippen LogP contribution in [0.1, 0.15) is 15.4 Å². The molecule has 0 fully saturated rings. The van der Waals surface area contributed by atoms with Crippen molar-refractivity contribution in [1.82, 2.24) is 4.98 Å². The minimum atomic E-state index is -0.208. The van der Waals surface area contributed by atoms with E-state index in [0.717, 1.165) is 9.35 Å². The van der Waals surface area contributed by atoms with Gasteiger partial charge in [-0.25, -0.2) is 4.98 Å². The normalized spacial score (nSPS) is 10.8. The van der Waals surface area contributed by atoms with Crippen LogP contribution in [0.4, 0.5) is 5.69 Å². The number of carbonyl (C=O) groups excluding carboxylic acids is 1. The van der Waals surface area contributed by atoms with Crippen LogP contribution in [0.3, 0.4) is 0 Å². The summed E-state index contributed by atoms with van der Waals surface area (Å²) in [6.45, 7) is 1.87. The highest BCUT2D eigenvalue weighted by atomic mass is 79.9. The van der Waals surface area contributed by atoms with E-state index in [-0.39, 0.29) is 5.91 Å². The third kappa shape index (κ3) is 3.20. The lowest BCUT2D eigenvalue weighted by Gasteiger charge is -2.18. The Kier molecular flexibility index (Phi) is 4.57. The number of aromatic nitrogens is 1. The van der Waals surface area contributed by atoms with Crippen LogP contribution in [0, 0.1) is 6.92 Å². The van der Waals surface area contributed by atoms with Gasteiger partial charge in [-0.15, -0.1) is 11.3 Å². The number of hydrogen-bond acceptors (Lipinski definition) is 4. The smallest absolute Gasteiger partial charge is 0.277 e. The third-order valence-electron chi connectivity index (χ3n) is 3.31. The Morgan fingerprint density at radius 3 is 2.83 bits per heavy atom. The highest BCUT2D eigenvalue weighted by molar-refractivity contribution is 9.10. The molecule has 0 radical (unpaired) electrons. The first-order valence-corrected chi connectivity index (χ1v) is 8.70. The molecule has 2 aromatic heterocycles. The largest absolute Gasteiger partial charge is 0.462 e. The predicted molar refractivity (Wildman–Crippen MR) is 96.4 cm³/mol. The minimum absolute atomic E-state index is 0.208. The first-order chi connectivity index (χ1) is 11.0. The molecule has 3 aromatic rings. The van der Waals surface area contributed by atoms with Gasteiger partial charge in [-0.2, -0.15) is 0 Å². The average Bonchev–Trinajstić information content (AvgIpc) is 3.15. The lowest BCUT2D eigenvalue weighted by Crippen LogP contribution is -2.27. The molecule has 1 aromatic carbocycles. The van der Waals surface area contributed by atoms with Crippen molar-refractivity contribution in [3.05, 3.63) is 56.7 Å². The molecule has 3 rings (SSSR count). The average molecular weight is 412 g/mol. The van der Waals surface area contributed by atoms with Gasteiger partial charge in [-0.3, -0.25) is 4.79 Å². The Balaban J connectivity index is 1.94. The van der Waals surface area contributed by atoms with Crippen molar-refractivity contribution >= 4 is 50.5 Å². The minimum Gasteiger partial charge on any atom is -0.462 e. The summed E-state index contributed by atoms with van der Waals surface area (Å²) in [6.07, 6.45) is 1.58. The van der Waals surface area contributed by atoms with E-state index in [1.54, 1.807) is 31.5 Å². The molecule has 2 heterocycles. The molecular weight excluding hydrogens is 400 g/mol. The second-order valence-electron chi connectivity index (χ2n) is 4.86. The molecule has 0 N–H and O–H groups in total. The number of amides is 1. The summed E-state index contributed by atoms with van der Waals surface area (Å²) < 4.78 is 6.20. The first-order valence-electron chi connectivity index (χ1n) is 6.72. The van der Waals surface area contributed by atoms with Crippen LogP contribution < -0.4 is 4.90 Å². The number of benzene rings is 1. The predicted octanol–water partition coefficient (Wildman–Crippen LogP) is 5.40. The molecule has 0 atom stereocenters. The summed E-state index contributed by atoms with van der Waals surface area (Å²) >= 11 is 11.0. The van der Waals surface area contributed by atoms with Gasteiger partial charge in [0.25, 0.3) is 5.91 Å². The van der Waals surface area contributed by atoms with Crippen molar-refractivity contribution in [3.8, 4) is 10.8 Å². The van der Waals surface area contributed by atoms with Crippen molar-refractivity contribution in [2.45, 2.75) is 6.92 Å². The number of halogens is 2. The molecule has 0 spiro atoms. The Morgan fingerprint density at radius 1 is 1.39 bits per heavy atom. The lowest BCUT2D eigenvalue weighted by atomic mass is 10.2. The van der Waals surface area contributed by atoms with Crippen molar-refractivity contribution in [2.24, 2.45) is 0 Å². The van der Waals surface area contributed by atoms with E-state index in [1.807, 2.05) is 19.1 Å². The zero-order valence-electron chi connectivity index (χ0n) is 12.3. The van der Waals surface area contributed by atoms with Gasteiger partial charge in [0.2, 0.25) is 0 Å². The molecule has 118 valence electrons. The quantitative estimate of drug-likeness (QED) is 0.579. The van der Waals surface area contributed by atoms with Crippen LogP contribution >= 0.6 is 38.9 Å². The Hall–Kier alpha value is -1.63. The molecule has 23 heavy (non-hydrogen) atoms. The van der Waals surface area contributed by atoms with Gasteiger partial charge < -0.3 is 9.32 Å². The van der Waals surface area contributed by atoms with Crippen LogP contribution in [0.15, 0.2) is 45.5 Å². The summed E-state index contributed by atoms with van der Waals surface area (Å²) in [4.78, 5) is 19.5. The van der Waals surface area contributed by atoms with Gasteiger partial charge in [-0.1, -0.05) is 27.5 Å². The van der Waals surface area contributed by atoms with Gasteiger partial charge in [0, 0.05) is 16.4 Å². The number of carbonyl (C=O) groups is 1. The van der Waals surface area contributed by atoms with Crippen molar-refractivity contribution < 1.29 is 9.21 Å². The fourth-order valence-corrected chi connectivity index (χ4v) is 3.80. The molecule has 0 saturated carbocycles. The number of nitrogens with zero attached hydrogens (tertiary/aromatic N) is 2. The van der Waals surface area contributed by atoms with Crippen LogP contribution in [0.25, 0.3) is 10.8 Å². The van der Waals surface area contributed by atoms with E-state index in [0.29, 0.717) is 27.2 Å². The van der Waals surface area contributed by atoms with Gasteiger partial charge in [0.05, 0.1) is 17.0 Å². The van der Waals surface area contributed by atoms with Crippen molar-refractivity contribution in [3.63, 3.8) is 0 Å². The van der Waals surface area contributed by atoms with Crippen LogP contribution in [0.2, 0.25) is 5.02 Å². The van der Waals surface area contributed by atoms with E-state index in [9.17, 15) is 4.79 Å². The van der Waals surface area contributed by atoms with Gasteiger partial charge in [0.15, 0.2) is 10.8 Å². The summed E-state index contributed by atoms with van der Waals surface area (Å²) in [7, 11) is 1.68. The molecule has 0 aliphatic carbocycles. The maximum Gasteiger partial charge on any atom is 0.277 e. The van der Waals surface area contributed by atoms with Crippen LogP contribution in [-0.4, -0.2) is 17.9 Å². The molecule has 0 saturated heterocycles. The Labute approximate surface area is 150 Å². The summed E-state index contributed by atoms with van der Waals surface area (Å²) in [5.41, 5.74) is 1.04. The molecule has 1 amide bonds. The maximum atomic E-state index is 12.8. The summed E-state index contributed by atoms with van der Waals surface area (Å²) in [5.74, 6) is 0.447. The van der Waals surface area contributed by atoms with E-state index < -0.39 is 0 Å². The SMILES string of the molecule is Cc1sc(-c2ccco2)nc1C(=O)N(C)c1ccc(Br)cc1Cl. The third-order valence-corrected chi connectivity index (χ3v) is 5.09. The first kappa shape index (κ1) is 16.2. The van der Waals surface area contributed by atoms with Gasteiger partial charge in [0.1, 0.15) is 5.69 Å². The molecule has 0 aliphatic heterocycles. The van der Waals surface area contributed by atoms with E-state index in [1.165, 1.54) is 16.2 Å². The van der Waals surface area contributed by atoms with E-state index in [2.05, 4.69) is 20.9 Å². The maximum absolute atomic E-state index is 12.8. The van der Waals surface area contributed by atoms with Crippen LogP contribution in [-0.2, 0) is 0 Å². The number of anilines is 1. The van der Waals surface area contributed by atoms with Gasteiger partial charge >= 0.3 is 0 Å².